The number of hydrogen-bond donors (Lipinski definition) is 1. The summed E-state index contributed by atoms with van der Waals surface area (Å²) in [5, 5.41) is 0. The second-order valence-corrected chi connectivity index (χ2v) is 5.66. The van der Waals surface area contributed by atoms with Gasteiger partial charge in [-0.05, 0) is 57.5 Å². The van der Waals surface area contributed by atoms with E-state index >= 15 is 0 Å². The fraction of sp³-hybridized carbons (Fsp3) is 1.00. The Morgan fingerprint density at radius 2 is 2.24 bits per heavy atom. The van der Waals surface area contributed by atoms with Gasteiger partial charge in [0, 0.05) is 19.2 Å². The maximum absolute atomic E-state index is 5.78. The highest BCUT2D eigenvalue weighted by molar-refractivity contribution is 4.83. The minimum absolute atomic E-state index is 0.503. The Balaban J connectivity index is 1.83. The molecule has 0 spiro atoms. The summed E-state index contributed by atoms with van der Waals surface area (Å²) in [7, 11) is 0. The standard InChI is InChI=1S/C14H28N2O/c1-2-14-10-13(6-9-17-14)16-8-3-4-12(11-16)5-7-15/h12-14H,2-11,15H2,1H3. The van der Waals surface area contributed by atoms with Crippen LogP contribution in [-0.4, -0.2) is 43.3 Å². The summed E-state index contributed by atoms with van der Waals surface area (Å²) in [6, 6.07) is 0.772. The molecule has 100 valence electrons. The summed E-state index contributed by atoms with van der Waals surface area (Å²) in [6.45, 7) is 6.62. The number of ether oxygens (including phenoxy) is 1. The highest BCUT2D eigenvalue weighted by atomic mass is 16.5. The van der Waals surface area contributed by atoms with Crippen LogP contribution in [0.5, 0.6) is 0 Å². The average Bonchev–Trinajstić information content (AvgIpc) is 2.40. The summed E-state index contributed by atoms with van der Waals surface area (Å²) in [6.07, 6.45) is 8.08. The molecule has 3 nitrogen and oxygen atoms in total. The normalized spacial score (nSPS) is 36.0. The molecule has 2 N–H and O–H groups in total. The Labute approximate surface area is 106 Å². The topological polar surface area (TPSA) is 38.5 Å². The van der Waals surface area contributed by atoms with E-state index in [1.54, 1.807) is 0 Å². The third-order valence-corrected chi connectivity index (χ3v) is 4.44. The highest BCUT2D eigenvalue weighted by Crippen LogP contribution is 2.27. The molecular weight excluding hydrogens is 212 g/mol. The largest absolute Gasteiger partial charge is 0.378 e. The van der Waals surface area contributed by atoms with Crippen molar-refractivity contribution in [1.29, 1.82) is 0 Å². The quantitative estimate of drug-likeness (QED) is 0.817. The Hall–Kier alpha value is -0.120. The van der Waals surface area contributed by atoms with Gasteiger partial charge in [0.05, 0.1) is 6.10 Å². The van der Waals surface area contributed by atoms with E-state index in [4.69, 9.17) is 10.5 Å². The van der Waals surface area contributed by atoms with Crippen LogP contribution in [0.15, 0.2) is 0 Å². The van der Waals surface area contributed by atoms with E-state index < -0.39 is 0 Å². The first-order valence-electron chi connectivity index (χ1n) is 7.39. The molecule has 0 saturated carbocycles. The molecule has 3 unspecified atom stereocenters. The molecule has 0 aromatic heterocycles. The van der Waals surface area contributed by atoms with Gasteiger partial charge >= 0.3 is 0 Å². The predicted molar refractivity (Wildman–Crippen MR) is 71.0 cm³/mol. The lowest BCUT2D eigenvalue weighted by Gasteiger charge is -2.41. The van der Waals surface area contributed by atoms with Crippen LogP contribution < -0.4 is 5.73 Å². The van der Waals surface area contributed by atoms with E-state index in [0.717, 1.165) is 31.5 Å². The van der Waals surface area contributed by atoms with Gasteiger partial charge in [0.2, 0.25) is 0 Å². The summed E-state index contributed by atoms with van der Waals surface area (Å²) < 4.78 is 5.78. The van der Waals surface area contributed by atoms with Crippen LogP contribution in [0.25, 0.3) is 0 Å². The number of likely N-dealkylation sites (tertiary alicyclic amines) is 1. The summed E-state index contributed by atoms with van der Waals surface area (Å²) >= 11 is 0. The monoisotopic (exact) mass is 240 g/mol. The first-order valence-corrected chi connectivity index (χ1v) is 7.39. The molecule has 2 aliphatic heterocycles. The van der Waals surface area contributed by atoms with Crippen LogP contribution >= 0.6 is 0 Å². The maximum atomic E-state index is 5.78. The summed E-state index contributed by atoms with van der Waals surface area (Å²) in [5.41, 5.74) is 5.69. The molecule has 17 heavy (non-hydrogen) atoms. The van der Waals surface area contributed by atoms with Gasteiger partial charge in [0.25, 0.3) is 0 Å². The van der Waals surface area contributed by atoms with Crippen molar-refractivity contribution in [3.05, 3.63) is 0 Å². The first-order chi connectivity index (χ1) is 8.33. The van der Waals surface area contributed by atoms with Crippen LogP contribution in [0.4, 0.5) is 0 Å². The Bertz CT molecular complexity index is 220. The molecular formula is C14H28N2O. The van der Waals surface area contributed by atoms with E-state index in [9.17, 15) is 0 Å². The van der Waals surface area contributed by atoms with Crippen molar-refractivity contribution in [1.82, 2.24) is 4.90 Å². The lowest BCUT2D eigenvalue weighted by molar-refractivity contribution is -0.0367. The molecule has 2 saturated heterocycles. The summed E-state index contributed by atoms with van der Waals surface area (Å²) in [5.74, 6) is 0.844. The van der Waals surface area contributed by atoms with Crippen molar-refractivity contribution in [3.63, 3.8) is 0 Å². The summed E-state index contributed by atoms with van der Waals surface area (Å²) in [4.78, 5) is 2.72. The smallest absolute Gasteiger partial charge is 0.0587 e. The van der Waals surface area contributed by atoms with Gasteiger partial charge in [-0.1, -0.05) is 6.92 Å². The van der Waals surface area contributed by atoms with E-state index in [-0.39, 0.29) is 0 Å². The minimum Gasteiger partial charge on any atom is -0.378 e. The van der Waals surface area contributed by atoms with Gasteiger partial charge in [0.1, 0.15) is 0 Å². The molecule has 0 radical (unpaired) electrons. The molecule has 0 aliphatic carbocycles. The van der Waals surface area contributed by atoms with Gasteiger partial charge < -0.3 is 10.5 Å². The fourth-order valence-corrected chi connectivity index (χ4v) is 3.38. The van der Waals surface area contributed by atoms with Gasteiger partial charge in [0.15, 0.2) is 0 Å². The van der Waals surface area contributed by atoms with Gasteiger partial charge in [-0.2, -0.15) is 0 Å². The van der Waals surface area contributed by atoms with E-state index in [1.165, 1.54) is 45.2 Å². The van der Waals surface area contributed by atoms with E-state index in [1.807, 2.05) is 0 Å². The molecule has 2 rings (SSSR count). The Morgan fingerprint density at radius 3 is 3.00 bits per heavy atom. The minimum atomic E-state index is 0.503. The third kappa shape index (κ3) is 3.67. The van der Waals surface area contributed by atoms with Crippen LogP contribution in [0.3, 0.4) is 0 Å². The lowest BCUT2D eigenvalue weighted by Crippen LogP contribution is -2.47. The zero-order chi connectivity index (χ0) is 12.1. The van der Waals surface area contributed by atoms with Crippen LogP contribution in [-0.2, 0) is 4.74 Å². The molecule has 3 atom stereocenters. The van der Waals surface area contributed by atoms with Crippen molar-refractivity contribution in [2.24, 2.45) is 11.7 Å². The molecule has 0 aromatic carbocycles. The number of rotatable bonds is 4. The number of nitrogens with zero attached hydrogens (tertiary/aromatic N) is 1. The molecule has 2 fully saturated rings. The van der Waals surface area contributed by atoms with Crippen molar-refractivity contribution < 1.29 is 4.74 Å². The van der Waals surface area contributed by atoms with Gasteiger partial charge in [-0.3, -0.25) is 4.90 Å². The Kier molecular flexibility index (Phi) is 5.26. The maximum Gasteiger partial charge on any atom is 0.0587 e. The van der Waals surface area contributed by atoms with Crippen molar-refractivity contribution >= 4 is 0 Å². The van der Waals surface area contributed by atoms with E-state index in [0.29, 0.717) is 6.10 Å². The molecule has 2 heterocycles. The predicted octanol–water partition coefficient (Wildman–Crippen LogP) is 2.00. The molecule has 3 heteroatoms. The number of hydrogen-bond acceptors (Lipinski definition) is 3. The second kappa shape index (κ2) is 6.72. The van der Waals surface area contributed by atoms with Crippen molar-refractivity contribution in [2.45, 2.75) is 57.6 Å². The van der Waals surface area contributed by atoms with E-state index in [2.05, 4.69) is 11.8 Å². The zero-order valence-electron chi connectivity index (χ0n) is 11.2. The fourth-order valence-electron chi connectivity index (χ4n) is 3.38. The SMILES string of the molecule is CCC1CC(N2CCCC(CCN)C2)CCO1. The molecule has 2 aliphatic rings. The number of nitrogens with two attached hydrogens (primary N) is 1. The van der Waals surface area contributed by atoms with Crippen molar-refractivity contribution in [2.75, 3.05) is 26.2 Å². The Morgan fingerprint density at radius 1 is 1.35 bits per heavy atom. The molecule has 0 amide bonds. The highest BCUT2D eigenvalue weighted by Gasteiger charge is 2.29. The van der Waals surface area contributed by atoms with Crippen LogP contribution in [0.2, 0.25) is 0 Å². The third-order valence-electron chi connectivity index (χ3n) is 4.44. The number of piperidine rings is 1. The average molecular weight is 240 g/mol. The van der Waals surface area contributed by atoms with Gasteiger partial charge in [-0.15, -0.1) is 0 Å². The van der Waals surface area contributed by atoms with Crippen molar-refractivity contribution in [3.8, 4) is 0 Å². The van der Waals surface area contributed by atoms with Crippen LogP contribution in [0, 0.1) is 5.92 Å². The second-order valence-electron chi connectivity index (χ2n) is 5.66. The zero-order valence-corrected chi connectivity index (χ0v) is 11.2. The lowest BCUT2D eigenvalue weighted by atomic mass is 9.91. The molecule has 0 bridgehead atoms. The van der Waals surface area contributed by atoms with Crippen LogP contribution in [0.1, 0.15) is 45.4 Å². The first kappa shape index (κ1) is 13.3. The molecule has 0 aromatic rings. The van der Waals surface area contributed by atoms with Gasteiger partial charge in [-0.25, -0.2) is 0 Å².